The number of hydrogen-bond acceptors (Lipinski definition) is 5. The van der Waals surface area contributed by atoms with E-state index < -0.39 is 5.76 Å². The van der Waals surface area contributed by atoms with Gasteiger partial charge in [0, 0.05) is 10.9 Å². The lowest BCUT2D eigenvalue weighted by Gasteiger charge is -2.10. The van der Waals surface area contributed by atoms with Crippen LogP contribution in [0.5, 0.6) is 0 Å². The lowest BCUT2D eigenvalue weighted by atomic mass is 10.2. The zero-order chi connectivity index (χ0) is 18.8. The van der Waals surface area contributed by atoms with Gasteiger partial charge in [0.05, 0.1) is 6.04 Å². The van der Waals surface area contributed by atoms with Gasteiger partial charge >= 0.3 is 5.76 Å². The maximum absolute atomic E-state index is 12.3. The van der Waals surface area contributed by atoms with Gasteiger partial charge in [-0.05, 0) is 31.2 Å². The van der Waals surface area contributed by atoms with Gasteiger partial charge in [-0.3, -0.25) is 4.79 Å². The first-order chi connectivity index (χ1) is 13.1. The van der Waals surface area contributed by atoms with Gasteiger partial charge in [0.25, 0.3) is 0 Å². The van der Waals surface area contributed by atoms with Gasteiger partial charge in [-0.2, -0.15) is 4.68 Å². The highest BCUT2D eigenvalue weighted by Gasteiger charge is 2.17. The van der Waals surface area contributed by atoms with Crippen molar-refractivity contribution < 1.29 is 13.6 Å². The Hall–Kier alpha value is -3.61. The molecule has 0 aliphatic rings. The first-order valence-corrected chi connectivity index (χ1v) is 8.51. The van der Waals surface area contributed by atoms with Crippen LogP contribution in [0.25, 0.3) is 22.4 Å². The first kappa shape index (κ1) is 16.8. The van der Waals surface area contributed by atoms with Crippen molar-refractivity contribution in [3.05, 3.63) is 77.0 Å². The number of carbonyl (C=O) groups is 1. The first-order valence-electron chi connectivity index (χ1n) is 8.51. The van der Waals surface area contributed by atoms with Crippen molar-refractivity contribution in [3.8, 4) is 11.5 Å². The Morgan fingerprint density at radius 1 is 1.11 bits per heavy atom. The molecule has 136 valence electrons. The molecule has 0 radical (unpaired) electrons. The van der Waals surface area contributed by atoms with Crippen LogP contribution >= 0.6 is 0 Å². The van der Waals surface area contributed by atoms with E-state index in [9.17, 15) is 9.59 Å². The Morgan fingerprint density at radius 3 is 2.63 bits per heavy atom. The minimum atomic E-state index is -0.680. The predicted molar refractivity (Wildman–Crippen MR) is 99.0 cm³/mol. The molecule has 7 nitrogen and oxygen atoms in total. The Balaban J connectivity index is 1.46. The van der Waals surface area contributed by atoms with Crippen LogP contribution in [0.15, 0.2) is 74.3 Å². The van der Waals surface area contributed by atoms with Crippen LogP contribution in [0.4, 0.5) is 0 Å². The minimum Gasteiger partial charge on any atom is -0.459 e. The molecule has 0 saturated heterocycles. The van der Waals surface area contributed by atoms with Crippen molar-refractivity contribution >= 4 is 16.9 Å². The zero-order valence-corrected chi connectivity index (χ0v) is 14.6. The van der Waals surface area contributed by atoms with Gasteiger partial charge < -0.3 is 14.2 Å². The van der Waals surface area contributed by atoms with E-state index >= 15 is 0 Å². The van der Waals surface area contributed by atoms with Crippen LogP contribution < -0.4 is 11.1 Å². The predicted octanol–water partition coefficient (Wildman–Crippen LogP) is 3.13. The van der Waals surface area contributed by atoms with Crippen LogP contribution in [-0.2, 0) is 11.3 Å². The van der Waals surface area contributed by atoms with Gasteiger partial charge in [0.2, 0.25) is 11.8 Å². The molecule has 0 aliphatic carbocycles. The Labute approximate surface area is 154 Å². The number of aromatic nitrogens is 2. The summed E-state index contributed by atoms with van der Waals surface area (Å²) >= 11 is 0. The average Bonchev–Trinajstić information content (AvgIpc) is 3.26. The second-order valence-corrected chi connectivity index (χ2v) is 6.17. The summed E-state index contributed by atoms with van der Waals surface area (Å²) in [4.78, 5) is 24.3. The molecule has 0 unspecified atom stereocenters. The van der Waals surface area contributed by atoms with Gasteiger partial charge in [-0.1, -0.05) is 36.4 Å². The summed E-state index contributed by atoms with van der Waals surface area (Å²) in [5, 5.41) is 7.86. The van der Waals surface area contributed by atoms with Gasteiger partial charge in [0.15, 0.2) is 0 Å². The number of nitrogens with one attached hydrogen (secondary N) is 1. The monoisotopic (exact) mass is 363 g/mol. The molecule has 0 bridgehead atoms. The number of furan rings is 1. The zero-order valence-electron chi connectivity index (χ0n) is 14.6. The number of carbonyl (C=O) groups excluding carboxylic acids is 1. The Kier molecular flexibility index (Phi) is 4.33. The molecule has 2 heterocycles. The molecule has 2 aromatic heterocycles. The third-order valence-electron chi connectivity index (χ3n) is 4.17. The highest BCUT2D eigenvalue weighted by molar-refractivity contribution is 5.79. The molecule has 27 heavy (non-hydrogen) atoms. The summed E-state index contributed by atoms with van der Waals surface area (Å²) in [7, 11) is 0. The third-order valence-corrected chi connectivity index (χ3v) is 4.17. The highest BCUT2D eigenvalue weighted by Crippen LogP contribution is 2.23. The van der Waals surface area contributed by atoms with Crippen LogP contribution in [0.3, 0.4) is 0 Å². The molecule has 0 aliphatic heterocycles. The maximum atomic E-state index is 12.3. The fourth-order valence-corrected chi connectivity index (χ4v) is 2.81. The minimum absolute atomic E-state index is 0.179. The molecule has 0 spiro atoms. The quantitative estimate of drug-likeness (QED) is 0.588. The molecule has 2 aromatic carbocycles. The van der Waals surface area contributed by atoms with Crippen molar-refractivity contribution in [3.63, 3.8) is 0 Å². The average molecular weight is 363 g/mol. The standard InChI is InChI=1S/C20H17N3O4/c1-13(17-11-15-9-5-6-10-16(15)26-17)21-18(24)12-23-20(25)27-19(22-23)14-7-3-2-4-8-14/h2-11,13H,12H2,1H3,(H,21,24)/t13-/m0/s1. The van der Waals surface area contributed by atoms with Gasteiger partial charge in [-0.25, -0.2) is 4.79 Å². The molecule has 1 amide bonds. The van der Waals surface area contributed by atoms with Gasteiger partial charge in [-0.15, -0.1) is 5.10 Å². The molecule has 1 atom stereocenters. The number of amides is 1. The van der Waals surface area contributed by atoms with E-state index in [0.717, 1.165) is 15.7 Å². The van der Waals surface area contributed by atoms with E-state index in [2.05, 4.69) is 10.4 Å². The van der Waals surface area contributed by atoms with Crippen molar-refractivity contribution in [1.82, 2.24) is 15.1 Å². The number of hydrogen-bond donors (Lipinski definition) is 1. The lowest BCUT2D eigenvalue weighted by molar-refractivity contribution is -0.122. The van der Waals surface area contributed by atoms with E-state index in [1.807, 2.05) is 55.5 Å². The van der Waals surface area contributed by atoms with E-state index in [1.54, 1.807) is 12.1 Å². The number of fused-ring (bicyclic) bond motifs is 1. The van der Waals surface area contributed by atoms with E-state index in [4.69, 9.17) is 8.83 Å². The molecule has 1 N–H and O–H groups in total. The summed E-state index contributed by atoms with van der Waals surface area (Å²) in [5.41, 5.74) is 1.43. The third kappa shape index (κ3) is 3.52. The number of benzene rings is 2. The summed E-state index contributed by atoms with van der Waals surface area (Å²) in [6.07, 6.45) is 0. The fraction of sp³-hybridized carbons (Fsp3) is 0.150. The molecule has 4 aromatic rings. The second kappa shape index (κ2) is 6.95. The van der Waals surface area contributed by atoms with Crippen LogP contribution in [0.1, 0.15) is 18.7 Å². The number of rotatable bonds is 5. The SMILES string of the molecule is C[C@H](NC(=O)Cn1nc(-c2ccccc2)oc1=O)c1cc2ccccc2o1. The number of nitrogens with zero attached hydrogens (tertiary/aromatic N) is 2. The summed E-state index contributed by atoms with van der Waals surface area (Å²) in [5.74, 6) is -0.223. The van der Waals surface area contributed by atoms with E-state index in [-0.39, 0.29) is 24.4 Å². The lowest BCUT2D eigenvalue weighted by Crippen LogP contribution is -2.33. The Morgan fingerprint density at radius 2 is 1.85 bits per heavy atom. The van der Waals surface area contributed by atoms with Crippen molar-refractivity contribution in [2.24, 2.45) is 0 Å². The van der Waals surface area contributed by atoms with E-state index in [1.165, 1.54) is 0 Å². The van der Waals surface area contributed by atoms with Crippen molar-refractivity contribution in [1.29, 1.82) is 0 Å². The molecular weight excluding hydrogens is 346 g/mol. The maximum Gasteiger partial charge on any atom is 0.437 e. The van der Waals surface area contributed by atoms with Gasteiger partial charge in [0.1, 0.15) is 17.9 Å². The van der Waals surface area contributed by atoms with Crippen molar-refractivity contribution in [2.45, 2.75) is 19.5 Å². The summed E-state index contributed by atoms with van der Waals surface area (Å²) < 4.78 is 11.9. The Bertz CT molecular complexity index is 1110. The molecule has 0 saturated carbocycles. The molecular formula is C20H17N3O4. The number of para-hydroxylation sites is 1. The smallest absolute Gasteiger partial charge is 0.437 e. The van der Waals surface area contributed by atoms with Crippen LogP contribution in [0, 0.1) is 0 Å². The largest absolute Gasteiger partial charge is 0.459 e. The molecule has 4 rings (SSSR count). The van der Waals surface area contributed by atoms with Crippen LogP contribution in [-0.4, -0.2) is 15.7 Å². The normalized spacial score (nSPS) is 12.2. The van der Waals surface area contributed by atoms with Crippen LogP contribution in [0.2, 0.25) is 0 Å². The molecule has 0 fully saturated rings. The summed E-state index contributed by atoms with van der Waals surface area (Å²) in [6.45, 7) is 1.58. The van der Waals surface area contributed by atoms with E-state index in [0.29, 0.717) is 11.3 Å². The highest BCUT2D eigenvalue weighted by atomic mass is 16.4. The fourth-order valence-electron chi connectivity index (χ4n) is 2.81. The second-order valence-electron chi connectivity index (χ2n) is 6.17. The van der Waals surface area contributed by atoms with Crippen molar-refractivity contribution in [2.75, 3.05) is 0 Å². The summed E-state index contributed by atoms with van der Waals surface area (Å²) in [6, 6.07) is 18.2. The topological polar surface area (TPSA) is 90.3 Å². The molecule has 7 heteroatoms.